The molecule has 73 valence electrons. The third-order valence-corrected chi connectivity index (χ3v) is 2.11. The molecule has 1 N–H and O–H groups in total. The van der Waals surface area contributed by atoms with Crippen LogP contribution in [0.3, 0.4) is 0 Å². The topological polar surface area (TPSA) is 37.3 Å². The van der Waals surface area contributed by atoms with Crippen LogP contribution in [0, 0.1) is 6.07 Å². The van der Waals surface area contributed by atoms with Crippen LogP contribution in [0.1, 0.15) is 10.4 Å². The zero-order valence-corrected chi connectivity index (χ0v) is 7.97. The van der Waals surface area contributed by atoms with Gasteiger partial charge >= 0.3 is 5.97 Å². The molecule has 0 saturated heterocycles. The first-order valence-electron chi connectivity index (χ1n) is 4.58. The number of hydrogen-bond acceptors (Lipinski definition) is 1. The van der Waals surface area contributed by atoms with Crippen molar-refractivity contribution >= 4 is 5.97 Å². The van der Waals surface area contributed by atoms with Gasteiger partial charge < -0.3 is 5.11 Å². The second-order valence-corrected chi connectivity index (χ2v) is 3.15. The van der Waals surface area contributed by atoms with Crippen LogP contribution in [0.5, 0.6) is 0 Å². The SMILES string of the molecule is O=C(O)c1[c]c(-c2ccccc2)ccc1. The molecule has 0 saturated carbocycles. The molecule has 2 heteroatoms. The van der Waals surface area contributed by atoms with Crippen LogP contribution in [-0.2, 0) is 0 Å². The summed E-state index contributed by atoms with van der Waals surface area (Å²) < 4.78 is 0. The molecule has 0 aliphatic carbocycles. The van der Waals surface area contributed by atoms with Crippen LogP contribution in [0.25, 0.3) is 11.1 Å². The minimum atomic E-state index is -0.951. The zero-order valence-electron chi connectivity index (χ0n) is 7.97. The van der Waals surface area contributed by atoms with Crippen molar-refractivity contribution in [3.05, 3.63) is 60.2 Å². The summed E-state index contributed by atoms with van der Waals surface area (Å²) in [6, 6.07) is 17.6. The Morgan fingerprint density at radius 1 is 1.00 bits per heavy atom. The first-order valence-corrected chi connectivity index (χ1v) is 4.58. The quantitative estimate of drug-likeness (QED) is 0.803. The van der Waals surface area contributed by atoms with Crippen molar-refractivity contribution in [3.8, 4) is 11.1 Å². The molecule has 2 nitrogen and oxygen atoms in total. The second-order valence-electron chi connectivity index (χ2n) is 3.15. The van der Waals surface area contributed by atoms with E-state index in [1.807, 2.05) is 36.4 Å². The predicted molar refractivity (Wildman–Crippen MR) is 57.7 cm³/mol. The lowest BCUT2D eigenvalue weighted by Gasteiger charge is -2.01. The van der Waals surface area contributed by atoms with E-state index in [9.17, 15) is 4.79 Å². The number of carbonyl (C=O) groups is 1. The van der Waals surface area contributed by atoms with Gasteiger partial charge in [0.05, 0.1) is 5.56 Å². The van der Waals surface area contributed by atoms with Gasteiger partial charge in [-0.2, -0.15) is 0 Å². The predicted octanol–water partition coefficient (Wildman–Crippen LogP) is 2.85. The highest BCUT2D eigenvalue weighted by Crippen LogP contribution is 2.19. The standard InChI is InChI=1S/C13H9O2/c14-13(15)12-8-4-7-11(9-12)10-5-2-1-3-6-10/h1-8H,(H,14,15). The van der Waals surface area contributed by atoms with E-state index in [1.54, 1.807) is 6.07 Å². The second kappa shape index (κ2) is 3.96. The Morgan fingerprint density at radius 3 is 2.40 bits per heavy atom. The lowest BCUT2D eigenvalue weighted by atomic mass is 10.0. The number of aromatic carboxylic acids is 1. The molecular weight excluding hydrogens is 188 g/mol. The van der Waals surface area contributed by atoms with E-state index in [4.69, 9.17) is 5.11 Å². The molecule has 0 aliphatic heterocycles. The lowest BCUT2D eigenvalue weighted by molar-refractivity contribution is 0.0696. The van der Waals surface area contributed by atoms with Gasteiger partial charge in [-0.3, -0.25) is 0 Å². The molecule has 1 radical (unpaired) electrons. The highest BCUT2D eigenvalue weighted by Gasteiger charge is 2.04. The molecule has 0 amide bonds. The molecule has 0 atom stereocenters. The summed E-state index contributed by atoms with van der Waals surface area (Å²) in [5.41, 5.74) is 1.97. The molecule has 0 aromatic heterocycles. The van der Waals surface area contributed by atoms with Gasteiger partial charge in [-0.25, -0.2) is 4.79 Å². The van der Waals surface area contributed by atoms with Gasteiger partial charge in [-0.15, -0.1) is 0 Å². The zero-order chi connectivity index (χ0) is 10.7. The number of hydrogen-bond donors (Lipinski definition) is 1. The maximum absolute atomic E-state index is 10.8. The highest BCUT2D eigenvalue weighted by molar-refractivity contribution is 5.88. The summed E-state index contributed by atoms with van der Waals surface area (Å²) in [6.45, 7) is 0. The fourth-order valence-corrected chi connectivity index (χ4v) is 1.38. The summed E-state index contributed by atoms with van der Waals surface area (Å²) in [5.74, 6) is -0.951. The molecule has 15 heavy (non-hydrogen) atoms. The smallest absolute Gasteiger partial charge is 0.336 e. The Balaban J connectivity index is 2.46. The molecule has 2 aromatic rings. The molecule has 0 aliphatic rings. The maximum atomic E-state index is 10.8. The minimum absolute atomic E-state index is 0.191. The van der Waals surface area contributed by atoms with Crippen molar-refractivity contribution in [2.45, 2.75) is 0 Å². The molecule has 0 heterocycles. The highest BCUT2D eigenvalue weighted by atomic mass is 16.4. The average Bonchev–Trinajstić information content (AvgIpc) is 2.30. The average molecular weight is 197 g/mol. The van der Waals surface area contributed by atoms with Crippen molar-refractivity contribution in [1.82, 2.24) is 0 Å². The molecule has 2 aromatic carbocycles. The van der Waals surface area contributed by atoms with E-state index < -0.39 is 5.97 Å². The molecule has 0 unspecified atom stereocenters. The number of carboxylic acid groups (broad SMARTS) is 1. The normalized spacial score (nSPS) is 9.87. The van der Waals surface area contributed by atoms with Gasteiger partial charge in [0.15, 0.2) is 0 Å². The van der Waals surface area contributed by atoms with Crippen molar-refractivity contribution in [3.63, 3.8) is 0 Å². The van der Waals surface area contributed by atoms with E-state index in [1.165, 1.54) is 6.07 Å². The Morgan fingerprint density at radius 2 is 1.73 bits per heavy atom. The Kier molecular flexibility index (Phi) is 2.50. The molecule has 0 fully saturated rings. The van der Waals surface area contributed by atoms with Crippen LogP contribution in [0.2, 0.25) is 0 Å². The van der Waals surface area contributed by atoms with Gasteiger partial charge in [0.25, 0.3) is 0 Å². The third kappa shape index (κ3) is 2.05. The van der Waals surface area contributed by atoms with Crippen molar-refractivity contribution in [2.75, 3.05) is 0 Å². The summed E-state index contributed by atoms with van der Waals surface area (Å²) in [7, 11) is 0. The fraction of sp³-hybridized carbons (Fsp3) is 0. The minimum Gasteiger partial charge on any atom is -0.478 e. The first kappa shape index (κ1) is 9.46. The van der Waals surface area contributed by atoms with Gasteiger partial charge in [0.1, 0.15) is 0 Å². The van der Waals surface area contributed by atoms with Gasteiger partial charge in [-0.1, -0.05) is 42.5 Å². The van der Waals surface area contributed by atoms with E-state index in [-0.39, 0.29) is 5.56 Å². The van der Waals surface area contributed by atoms with Crippen molar-refractivity contribution in [1.29, 1.82) is 0 Å². The lowest BCUT2D eigenvalue weighted by Crippen LogP contribution is -1.96. The monoisotopic (exact) mass is 197 g/mol. The number of carboxylic acids is 1. The van der Waals surface area contributed by atoms with Crippen molar-refractivity contribution < 1.29 is 9.90 Å². The largest absolute Gasteiger partial charge is 0.478 e. The first-order chi connectivity index (χ1) is 7.27. The van der Waals surface area contributed by atoms with Crippen LogP contribution in [0.15, 0.2) is 48.5 Å². The maximum Gasteiger partial charge on any atom is 0.336 e. The van der Waals surface area contributed by atoms with Crippen molar-refractivity contribution in [2.24, 2.45) is 0 Å². The van der Waals surface area contributed by atoms with E-state index in [2.05, 4.69) is 6.07 Å². The Hall–Kier alpha value is -2.09. The third-order valence-electron chi connectivity index (χ3n) is 2.11. The van der Waals surface area contributed by atoms with E-state index >= 15 is 0 Å². The molecule has 0 spiro atoms. The van der Waals surface area contributed by atoms with Crippen LogP contribution >= 0.6 is 0 Å². The molecular formula is C13H9O2. The van der Waals surface area contributed by atoms with Gasteiger partial charge in [-0.05, 0) is 17.2 Å². The summed E-state index contributed by atoms with van der Waals surface area (Å²) in [4.78, 5) is 10.8. The van der Waals surface area contributed by atoms with Gasteiger partial charge in [0.2, 0.25) is 0 Å². The molecule has 0 bridgehead atoms. The summed E-state index contributed by atoms with van der Waals surface area (Å²) >= 11 is 0. The number of rotatable bonds is 2. The van der Waals surface area contributed by atoms with Gasteiger partial charge in [0, 0.05) is 6.07 Å². The van der Waals surface area contributed by atoms with Crippen LogP contribution in [-0.4, -0.2) is 11.1 Å². The fourth-order valence-electron chi connectivity index (χ4n) is 1.38. The van der Waals surface area contributed by atoms with E-state index in [0.717, 1.165) is 11.1 Å². The number of benzene rings is 2. The van der Waals surface area contributed by atoms with E-state index in [0.29, 0.717) is 0 Å². The summed E-state index contributed by atoms with van der Waals surface area (Å²) in [5, 5.41) is 8.82. The Bertz CT molecular complexity index is 475. The van der Waals surface area contributed by atoms with Crippen LogP contribution in [0.4, 0.5) is 0 Å². The summed E-state index contributed by atoms with van der Waals surface area (Å²) in [6.07, 6.45) is 0. The Labute approximate surface area is 87.8 Å². The van der Waals surface area contributed by atoms with Crippen LogP contribution < -0.4 is 0 Å². The molecule has 2 rings (SSSR count).